The van der Waals surface area contributed by atoms with Crippen molar-refractivity contribution >= 4 is 17.4 Å². The number of hydrazine groups is 1. The van der Waals surface area contributed by atoms with Crippen molar-refractivity contribution in [3.05, 3.63) is 17.3 Å². The van der Waals surface area contributed by atoms with Gasteiger partial charge in [-0.05, 0) is 59.1 Å². The van der Waals surface area contributed by atoms with Gasteiger partial charge in [-0.15, -0.1) is 10.2 Å². The highest BCUT2D eigenvalue weighted by molar-refractivity contribution is 6.29. The second-order valence-electron chi connectivity index (χ2n) is 6.53. The SMILES string of the molecule is CN(c1ccc(Cl)nn1)N1C(C)(C)CCCC1(C)C. The third-order valence-corrected chi connectivity index (χ3v) is 4.17. The van der Waals surface area contributed by atoms with Gasteiger partial charge in [-0.3, -0.25) is 5.01 Å². The molecule has 0 saturated carbocycles. The first-order valence-corrected chi connectivity index (χ1v) is 7.15. The number of nitrogens with zero attached hydrogens (tertiary/aromatic N) is 4. The molecular formula is C14H23ClN4. The summed E-state index contributed by atoms with van der Waals surface area (Å²) in [6.45, 7) is 9.14. The van der Waals surface area contributed by atoms with E-state index >= 15 is 0 Å². The third-order valence-electron chi connectivity index (χ3n) is 3.97. The van der Waals surface area contributed by atoms with Crippen LogP contribution < -0.4 is 5.01 Å². The Morgan fingerprint density at radius 3 is 2.16 bits per heavy atom. The van der Waals surface area contributed by atoms with Gasteiger partial charge in [0.15, 0.2) is 11.0 Å². The molecule has 0 unspecified atom stereocenters. The van der Waals surface area contributed by atoms with E-state index in [1.165, 1.54) is 19.3 Å². The molecule has 2 heterocycles. The molecule has 0 radical (unpaired) electrons. The fourth-order valence-corrected chi connectivity index (χ4v) is 3.48. The molecule has 1 fully saturated rings. The van der Waals surface area contributed by atoms with Gasteiger partial charge >= 0.3 is 0 Å². The van der Waals surface area contributed by atoms with E-state index < -0.39 is 0 Å². The quantitative estimate of drug-likeness (QED) is 0.831. The van der Waals surface area contributed by atoms with Gasteiger partial charge in [-0.1, -0.05) is 11.6 Å². The zero-order chi connectivity index (χ0) is 14.3. The summed E-state index contributed by atoms with van der Waals surface area (Å²) in [6.07, 6.45) is 3.63. The Labute approximate surface area is 120 Å². The van der Waals surface area contributed by atoms with Crippen molar-refractivity contribution in [1.82, 2.24) is 15.2 Å². The van der Waals surface area contributed by atoms with E-state index in [4.69, 9.17) is 11.6 Å². The topological polar surface area (TPSA) is 32.3 Å². The van der Waals surface area contributed by atoms with Crippen LogP contribution in [0.4, 0.5) is 5.82 Å². The Balaban J connectivity index is 2.33. The lowest BCUT2D eigenvalue weighted by Crippen LogP contribution is -2.64. The first-order chi connectivity index (χ1) is 8.74. The van der Waals surface area contributed by atoms with Gasteiger partial charge in [0.2, 0.25) is 0 Å². The second-order valence-corrected chi connectivity index (χ2v) is 6.92. The Morgan fingerprint density at radius 2 is 1.68 bits per heavy atom. The maximum atomic E-state index is 5.81. The van der Waals surface area contributed by atoms with Crippen LogP contribution in [0.1, 0.15) is 47.0 Å². The van der Waals surface area contributed by atoms with Crippen molar-refractivity contribution < 1.29 is 0 Å². The maximum Gasteiger partial charge on any atom is 0.165 e. The molecule has 0 amide bonds. The van der Waals surface area contributed by atoms with Crippen molar-refractivity contribution in [2.75, 3.05) is 12.1 Å². The predicted octanol–water partition coefficient (Wildman–Crippen LogP) is 3.52. The summed E-state index contributed by atoms with van der Waals surface area (Å²) in [6, 6.07) is 3.69. The minimum Gasteiger partial charge on any atom is -0.290 e. The van der Waals surface area contributed by atoms with Gasteiger partial charge in [0, 0.05) is 18.1 Å². The van der Waals surface area contributed by atoms with Crippen molar-refractivity contribution in [2.24, 2.45) is 0 Å². The van der Waals surface area contributed by atoms with Crippen LogP contribution in [0.15, 0.2) is 12.1 Å². The molecular weight excluding hydrogens is 260 g/mol. The number of rotatable bonds is 2. The zero-order valence-electron chi connectivity index (χ0n) is 12.4. The lowest BCUT2D eigenvalue weighted by Gasteiger charge is -2.56. The molecule has 5 heteroatoms. The molecule has 0 N–H and O–H groups in total. The number of hydrogen-bond acceptors (Lipinski definition) is 4. The highest BCUT2D eigenvalue weighted by atomic mass is 35.5. The maximum absolute atomic E-state index is 5.81. The lowest BCUT2D eigenvalue weighted by atomic mass is 9.81. The van der Waals surface area contributed by atoms with Crippen molar-refractivity contribution in [1.29, 1.82) is 0 Å². The normalized spacial score (nSPS) is 22.2. The van der Waals surface area contributed by atoms with Gasteiger partial charge in [-0.25, -0.2) is 5.01 Å². The highest BCUT2D eigenvalue weighted by Crippen LogP contribution is 2.39. The number of hydrogen-bond donors (Lipinski definition) is 0. The van der Waals surface area contributed by atoms with Gasteiger partial charge in [0.1, 0.15) is 0 Å². The summed E-state index contributed by atoms with van der Waals surface area (Å²) in [4.78, 5) is 0. The van der Waals surface area contributed by atoms with Gasteiger partial charge in [0.05, 0.1) is 0 Å². The molecule has 0 spiro atoms. The Morgan fingerprint density at radius 1 is 1.11 bits per heavy atom. The molecule has 0 atom stereocenters. The fourth-order valence-electron chi connectivity index (χ4n) is 3.38. The summed E-state index contributed by atoms with van der Waals surface area (Å²) in [5.41, 5.74) is 0.218. The van der Waals surface area contributed by atoms with Crippen LogP contribution in [0, 0.1) is 0 Å². The minimum absolute atomic E-state index is 0.109. The fraction of sp³-hybridized carbons (Fsp3) is 0.714. The highest BCUT2D eigenvalue weighted by Gasteiger charge is 2.44. The molecule has 1 aromatic heterocycles. The average Bonchev–Trinajstić information content (AvgIpc) is 2.27. The lowest BCUT2D eigenvalue weighted by molar-refractivity contribution is -0.0332. The van der Waals surface area contributed by atoms with Crippen LogP contribution in [0.3, 0.4) is 0 Å². The summed E-state index contributed by atoms with van der Waals surface area (Å²) in [5, 5.41) is 13.1. The molecule has 19 heavy (non-hydrogen) atoms. The monoisotopic (exact) mass is 282 g/mol. The largest absolute Gasteiger partial charge is 0.290 e. The molecule has 1 saturated heterocycles. The van der Waals surface area contributed by atoms with Crippen LogP contribution in [0.25, 0.3) is 0 Å². The molecule has 1 aliphatic rings. The Bertz CT molecular complexity index is 425. The van der Waals surface area contributed by atoms with E-state index in [0.717, 1.165) is 5.82 Å². The second kappa shape index (κ2) is 4.91. The molecule has 1 aromatic rings. The minimum atomic E-state index is 0.109. The van der Waals surface area contributed by atoms with E-state index in [1.54, 1.807) is 6.07 Å². The number of anilines is 1. The Hall–Kier alpha value is -0.870. The zero-order valence-corrected chi connectivity index (χ0v) is 13.2. The van der Waals surface area contributed by atoms with E-state index in [0.29, 0.717) is 5.15 Å². The van der Waals surface area contributed by atoms with Gasteiger partial charge in [0.25, 0.3) is 0 Å². The molecule has 1 aliphatic heterocycles. The summed E-state index contributed by atoms with van der Waals surface area (Å²) in [7, 11) is 2.05. The van der Waals surface area contributed by atoms with Crippen LogP contribution >= 0.6 is 11.6 Å². The predicted molar refractivity (Wildman–Crippen MR) is 79.3 cm³/mol. The van der Waals surface area contributed by atoms with Gasteiger partial charge in [-0.2, -0.15) is 0 Å². The molecule has 0 bridgehead atoms. The average molecular weight is 283 g/mol. The van der Waals surface area contributed by atoms with Gasteiger partial charge < -0.3 is 0 Å². The van der Waals surface area contributed by atoms with Crippen LogP contribution in [0.2, 0.25) is 5.15 Å². The van der Waals surface area contributed by atoms with Crippen molar-refractivity contribution in [3.8, 4) is 0 Å². The van der Waals surface area contributed by atoms with E-state index in [9.17, 15) is 0 Å². The van der Waals surface area contributed by atoms with Crippen LogP contribution in [-0.4, -0.2) is 33.3 Å². The third kappa shape index (κ3) is 2.84. The molecule has 0 aliphatic carbocycles. The Kier molecular flexibility index (Phi) is 3.76. The van der Waals surface area contributed by atoms with E-state index in [-0.39, 0.29) is 11.1 Å². The first-order valence-electron chi connectivity index (χ1n) is 6.77. The number of aromatic nitrogens is 2. The summed E-state index contributed by atoms with van der Waals surface area (Å²) in [5.74, 6) is 0.826. The molecule has 4 nitrogen and oxygen atoms in total. The van der Waals surface area contributed by atoms with Crippen LogP contribution in [0.5, 0.6) is 0 Å². The number of piperidine rings is 1. The van der Waals surface area contributed by atoms with Crippen molar-refractivity contribution in [3.63, 3.8) is 0 Å². The number of halogens is 1. The molecule has 2 rings (SSSR count). The summed E-state index contributed by atoms with van der Waals surface area (Å²) < 4.78 is 0. The summed E-state index contributed by atoms with van der Waals surface area (Å²) >= 11 is 5.81. The molecule has 0 aromatic carbocycles. The van der Waals surface area contributed by atoms with Crippen LogP contribution in [-0.2, 0) is 0 Å². The van der Waals surface area contributed by atoms with E-state index in [2.05, 4.69) is 47.9 Å². The standard InChI is InChI=1S/C14H23ClN4/c1-13(2)9-6-10-14(3,4)19(13)18(5)12-8-7-11(15)16-17-12/h7-8H,6,9-10H2,1-5H3. The van der Waals surface area contributed by atoms with Crippen molar-refractivity contribution in [2.45, 2.75) is 58.0 Å². The smallest absolute Gasteiger partial charge is 0.165 e. The molecule has 106 valence electrons. The first kappa shape index (κ1) is 14.5. The van der Waals surface area contributed by atoms with E-state index in [1.807, 2.05) is 13.1 Å².